The van der Waals surface area contributed by atoms with Crippen LogP contribution in [0.5, 0.6) is 0 Å². The third kappa shape index (κ3) is 5.95. The fraction of sp³-hybridized carbons (Fsp3) is 0.500. The number of halogens is 1. The van der Waals surface area contributed by atoms with Crippen molar-refractivity contribution >= 4 is 41.0 Å². The van der Waals surface area contributed by atoms with Crippen molar-refractivity contribution in [3.63, 3.8) is 0 Å². The predicted octanol–water partition coefficient (Wildman–Crippen LogP) is 5.25. The van der Waals surface area contributed by atoms with Crippen molar-refractivity contribution < 1.29 is 9.90 Å². The maximum absolute atomic E-state index is 11.7. The van der Waals surface area contributed by atoms with Gasteiger partial charge in [0.15, 0.2) is 0 Å². The fourth-order valence-corrected chi connectivity index (χ4v) is 4.68. The molecule has 1 aliphatic heterocycles. The lowest BCUT2D eigenvalue weighted by atomic mass is 9.79. The van der Waals surface area contributed by atoms with Gasteiger partial charge in [-0.2, -0.15) is 0 Å². The molecule has 2 aromatic rings. The Morgan fingerprint density at radius 3 is 2.48 bits per heavy atom. The smallest absolute Gasteiger partial charge is 0.407 e. The number of rotatable bonds is 5. The second kappa shape index (κ2) is 9.12. The van der Waals surface area contributed by atoms with E-state index in [1.54, 1.807) is 23.4 Å². The van der Waals surface area contributed by atoms with E-state index in [0.29, 0.717) is 17.3 Å². The molecule has 2 heterocycles. The van der Waals surface area contributed by atoms with Crippen molar-refractivity contribution in [3.8, 4) is 0 Å². The van der Waals surface area contributed by atoms with E-state index in [9.17, 15) is 9.90 Å². The topological polar surface area (TPSA) is 95.6 Å². The summed E-state index contributed by atoms with van der Waals surface area (Å²) in [5.74, 6) is 0.834. The minimum Gasteiger partial charge on any atom is -0.465 e. The Morgan fingerprint density at radius 2 is 1.97 bits per heavy atom. The van der Waals surface area contributed by atoms with Crippen LogP contribution in [0.2, 0.25) is 5.02 Å². The molecule has 7 nitrogen and oxygen atoms in total. The number of piperidine rings is 1. The summed E-state index contributed by atoms with van der Waals surface area (Å²) in [5.41, 5.74) is 5.90. The van der Waals surface area contributed by atoms with Crippen molar-refractivity contribution in [2.75, 3.05) is 30.3 Å². The second-order valence-electron chi connectivity index (χ2n) is 9.34. The third-order valence-corrected chi connectivity index (χ3v) is 7.08. The summed E-state index contributed by atoms with van der Waals surface area (Å²) in [5, 5.41) is 11.0. The normalized spacial score (nSPS) is 16.2. The Morgan fingerprint density at radius 1 is 1.29 bits per heavy atom. The lowest BCUT2D eigenvalue weighted by Crippen LogP contribution is -2.52. The summed E-state index contributed by atoms with van der Waals surface area (Å²) >= 11 is 7.69. The summed E-state index contributed by atoms with van der Waals surface area (Å²) in [7, 11) is 0. The number of hydrogen-bond acceptors (Lipinski definition) is 6. The van der Waals surface area contributed by atoms with Gasteiger partial charge >= 0.3 is 6.09 Å². The van der Waals surface area contributed by atoms with Crippen LogP contribution in [0.4, 0.5) is 16.3 Å². The van der Waals surface area contributed by atoms with E-state index in [2.05, 4.69) is 21.8 Å². The zero-order chi connectivity index (χ0) is 22.8. The molecule has 3 rings (SSSR count). The summed E-state index contributed by atoms with van der Waals surface area (Å²) in [6.45, 7) is 10.2. The number of nitrogen functional groups attached to an aromatic ring is 1. The molecule has 9 heteroatoms. The first-order valence-electron chi connectivity index (χ1n) is 10.3. The summed E-state index contributed by atoms with van der Waals surface area (Å²) in [6, 6.07) is 5.41. The minimum absolute atomic E-state index is 0.0582. The standard InChI is InChI=1S/C22H30ClN5O2S/c1-21(2,3)28(20(29)30)14-22(4)7-9-27(10-8-22)18-12-26-19(13-25-18)31-17-6-5-15(24)11-16(17)23/h5-6,11-13H,7-10,14,24H2,1-4H3,(H,29,30). The van der Waals surface area contributed by atoms with Crippen LogP contribution in [0.25, 0.3) is 0 Å². The number of nitrogens with two attached hydrogens (primary N) is 1. The van der Waals surface area contributed by atoms with Crippen molar-refractivity contribution in [2.45, 2.75) is 56.0 Å². The first kappa shape index (κ1) is 23.5. The van der Waals surface area contributed by atoms with Crippen molar-refractivity contribution in [1.29, 1.82) is 0 Å². The number of aromatic nitrogens is 2. The molecule has 0 radical (unpaired) electrons. The summed E-state index contributed by atoms with van der Waals surface area (Å²) < 4.78 is 0. The molecule has 31 heavy (non-hydrogen) atoms. The van der Waals surface area contributed by atoms with Crippen LogP contribution in [0.3, 0.4) is 0 Å². The number of amides is 1. The maximum atomic E-state index is 11.7. The largest absolute Gasteiger partial charge is 0.465 e. The average Bonchev–Trinajstić information content (AvgIpc) is 2.69. The maximum Gasteiger partial charge on any atom is 0.407 e. The molecule has 1 saturated heterocycles. The van der Waals surface area contributed by atoms with Gasteiger partial charge in [0.2, 0.25) is 0 Å². The van der Waals surface area contributed by atoms with Crippen LogP contribution in [0, 0.1) is 5.41 Å². The van der Waals surface area contributed by atoms with E-state index in [1.807, 2.05) is 32.9 Å². The first-order chi connectivity index (χ1) is 14.5. The number of nitrogens with zero attached hydrogens (tertiary/aromatic N) is 4. The third-order valence-electron chi connectivity index (χ3n) is 5.66. The Balaban J connectivity index is 1.61. The van der Waals surface area contributed by atoms with E-state index in [-0.39, 0.29) is 5.41 Å². The second-order valence-corrected chi connectivity index (χ2v) is 10.8. The van der Waals surface area contributed by atoms with Gasteiger partial charge in [-0.3, -0.25) is 0 Å². The average molecular weight is 464 g/mol. The van der Waals surface area contributed by atoms with Crippen molar-refractivity contribution in [1.82, 2.24) is 14.9 Å². The number of carbonyl (C=O) groups is 1. The minimum atomic E-state index is -0.865. The molecule has 0 unspecified atom stereocenters. The molecule has 168 valence electrons. The molecule has 0 aliphatic carbocycles. The van der Waals surface area contributed by atoms with Crippen LogP contribution < -0.4 is 10.6 Å². The molecule has 0 atom stereocenters. The monoisotopic (exact) mass is 463 g/mol. The number of anilines is 2. The summed E-state index contributed by atoms with van der Waals surface area (Å²) in [6.07, 6.45) is 4.47. The van der Waals surface area contributed by atoms with Crippen LogP contribution in [0.15, 0.2) is 40.5 Å². The van der Waals surface area contributed by atoms with Gasteiger partial charge in [-0.05, 0) is 57.2 Å². The molecule has 1 amide bonds. The molecule has 0 bridgehead atoms. The van der Waals surface area contributed by atoms with Gasteiger partial charge in [0, 0.05) is 35.8 Å². The van der Waals surface area contributed by atoms with Crippen LogP contribution in [-0.4, -0.2) is 51.2 Å². The van der Waals surface area contributed by atoms with E-state index in [4.69, 9.17) is 17.3 Å². The SMILES string of the molecule is CC1(CN(C(=O)O)C(C)(C)C)CCN(c2cnc(Sc3ccc(N)cc3Cl)cn2)CC1. The van der Waals surface area contributed by atoms with E-state index >= 15 is 0 Å². The van der Waals surface area contributed by atoms with Crippen LogP contribution in [-0.2, 0) is 0 Å². The Labute approximate surface area is 193 Å². The highest BCUT2D eigenvalue weighted by Gasteiger charge is 2.37. The molecule has 1 aromatic heterocycles. The highest BCUT2D eigenvalue weighted by molar-refractivity contribution is 7.99. The highest BCUT2D eigenvalue weighted by Crippen LogP contribution is 2.36. The van der Waals surface area contributed by atoms with E-state index in [0.717, 1.165) is 41.7 Å². The zero-order valence-electron chi connectivity index (χ0n) is 18.4. The molecule has 0 spiro atoms. The molecular weight excluding hydrogens is 434 g/mol. The lowest BCUT2D eigenvalue weighted by molar-refractivity contribution is 0.0593. The molecule has 0 saturated carbocycles. The fourth-order valence-electron chi connectivity index (χ4n) is 3.65. The molecule has 1 aliphatic rings. The number of hydrogen-bond donors (Lipinski definition) is 2. The highest BCUT2D eigenvalue weighted by atomic mass is 35.5. The first-order valence-corrected chi connectivity index (χ1v) is 11.5. The molecular formula is C22H30ClN5O2S. The van der Waals surface area contributed by atoms with Gasteiger partial charge in [-0.15, -0.1) is 0 Å². The predicted molar refractivity (Wildman–Crippen MR) is 126 cm³/mol. The quantitative estimate of drug-likeness (QED) is 0.584. The Kier molecular flexibility index (Phi) is 6.91. The van der Waals surface area contributed by atoms with Gasteiger partial charge in [0.25, 0.3) is 0 Å². The van der Waals surface area contributed by atoms with E-state index in [1.165, 1.54) is 11.8 Å². The zero-order valence-corrected chi connectivity index (χ0v) is 20.0. The Hall–Kier alpha value is -2.19. The summed E-state index contributed by atoms with van der Waals surface area (Å²) in [4.78, 5) is 25.5. The molecule has 1 fully saturated rings. The Bertz CT molecular complexity index is 924. The van der Waals surface area contributed by atoms with Crippen molar-refractivity contribution in [2.24, 2.45) is 5.41 Å². The van der Waals surface area contributed by atoms with Crippen LogP contribution >= 0.6 is 23.4 Å². The van der Waals surface area contributed by atoms with Crippen molar-refractivity contribution in [3.05, 3.63) is 35.6 Å². The van der Waals surface area contributed by atoms with Gasteiger partial charge in [-0.25, -0.2) is 14.8 Å². The van der Waals surface area contributed by atoms with Gasteiger partial charge in [0.05, 0.1) is 17.4 Å². The van der Waals surface area contributed by atoms with Crippen LogP contribution in [0.1, 0.15) is 40.5 Å². The molecule has 3 N–H and O–H groups in total. The molecule has 1 aromatic carbocycles. The number of benzene rings is 1. The van der Waals surface area contributed by atoms with Gasteiger partial charge in [0.1, 0.15) is 10.8 Å². The van der Waals surface area contributed by atoms with Gasteiger partial charge in [-0.1, -0.05) is 30.3 Å². The van der Waals surface area contributed by atoms with Gasteiger partial charge < -0.3 is 20.6 Å². The van der Waals surface area contributed by atoms with E-state index < -0.39 is 11.6 Å². The number of carboxylic acid groups (broad SMARTS) is 1. The lowest BCUT2D eigenvalue weighted by Gasteiger charge is -2.45.